The summed E-state index contributed by atoms with van der Waals surface area (Å²) in [4.78, 5) is 30.4. The molecule has 0 bridgehead atoms. The van der Waals surface area contributed by atoms with E-state index in [4.69, 9.17) is 4.74 Å². The van der Waals surface area contributed by atoms with Crippen molar-refractivity contribution in [2.45, 2.75) is 69.5 Å². The number of piperidine rings is 1. The zero-order valence-corrected chi connectivity index (χ0v) is 26.2. The topological polar surface area (TPSA) is 54.8 Å². The normalized spacial score (nSPS) is 20.3. The molecule has 4 heterocycles. The van der Waals surface area contributed by atoms with Gasteiger partial charge in [-0.1, -0.05) is 87.9 Å². The number of pyridine rings is 1. The van der Waals surface area contributed by atoms with Crippen LogP contribution in [0.3, 0.4) is 0 Å². The van der Waals surface area contributed by atoms with Crippen molar-refractivity contribution in [3.8, 4) is 5.75 Å². The molecule has 44 heavy (non-hydrogen) atoms. The molecule has 1 amide bonds. The Labute approximate surface area is 262 Å². The van der Waals surface area contributed by atoms with E-state index in [0.717, 1.165) is 34.4 Å². The van der Waals surface area contributed by atoms with Crippen molar-refractivity contribution >= 4 is 17.7 Å². The van der Waals surface area contributed by atoms with Gasteiger partial charge in [-0.15, -0.1) is 11.8 Å². The molecule has 228 valence electrons. The molecule has 4 aromatic rings. The zero-order chi connectivity index (χ0) is 30.8. The monoisotopic (exact) mass is 611 g/mol. The Morgan fingerprint density at radius 3 is 2.50 bits per heavy atom. The number of amides is 1. The number of carbonyl (C=O) groups is 1. The third kappa shape index (κ3) is 5.52. The molecular weight excluding hydrogens is 573 g/mol. The van der Waals surface area contributed by atoms with Crippen LogP contribution in [0.2, 0.25) is 0 Å². The number of rotatable bonds is 4. The van der Waals surface area contributed by atoms with Gasteiger partial charge < -0.3 is 9.64 Å². The lowest BCUT2D eigenvalue weighted by atomic mass is 9.90. The molecule has 3 atom stereocenters. The van der Waals surface area contributed by atoms with Gasteiger partial charge in [-0.05, 0) is 47.6 Å². The molecule has 3 aliphatic rings. The standard InChI is InChI=1S/C33H30FN3O3S.C3H8/c1-21-14-16-35-28(18-21)37(30-24-11-5-6-13-27(24)41-20-23-10-7-12-25(34)29(23)30)36-17-15-26(38)32(31(36)33(35)39)40-19-22-8-3-2-4-9-22;1-3-2/h2-13,15,17,21,28,30H,14,16,18-20H2,1H3;3H2,1-2H3. The Bertz CT molecular complexity index is 1710. The second kappa shape index (κ2) is 12.9. The number of nitrogens with zero attached hydrogens (tertiary/aromatic N) is 3. The highest BCUT2D eigenvalue weighted by molar-refractivity contribution is 7.98. The largest absolute Gasteiger partial charge is 0.482 e. The van der Waals surface area contributed by atoms with E-state index < -0.39 is 6.04 Å². The van der Waals surface area contributed by atoms with Crippen molar-refractivity contribution < 1.29 is 13.9 Å². The molecule has 8 heteroatoms. The van der Waals surface area contributed by atoms with Gasteiger partial charge in [0.15, 0.2) is 11.4 Å². The fourth-order valence-electron chi connectivity index (χ4n) is 6.38. The molecule has 0 N–H and O–H groups in total. The second-order valence-electron chi connectivity index (χ2n) is 11.7. The van der Waals surface area contributed by atoms with E-state index in [2.05, 4.69) is 37.9 Å². The van der Waals surface area contributed by atoms with E-state index in [1.165, 1.54) is 18.6 Å². The predicted octanol–water partition coefficient (Wildman–Crippen LogP) is 7.53. The van der Waals surface area contributed by atoms with Crippen LogP contribution in [0.5, 0.6) is 5.75 Å². The molecule has 3 unspecified atom stereocenters. The number of carbonyl (C=O) groups excluding carboxylic acids is 1. The first kappa shape index (κ1) is 30.0. The molecule has 1 saturated heterocycles. The summed E-state index contributed by atoms with van der Waals surface area (Å²) < 4.78 is 23.9. The Balaban J connectivity index is 0.00000110. The summed E-state index contributed by atoms with van der Waals surface area (Å²) in [5, 5.41) is 2.12. The van der Waals surface area contributed by atoms with Crippen LogP contribution < -0.4 is 15.2 Å². The van der Waals surface area contributed by atoms with Crippen molar-refractivity contribution in [2.24, 2.45) is 5.92 Å². The summed E-state index contributed by atoms with van der Waals surface area (Å²) >= 11 is 1.69. The SMILES string of the molecule is CC1CCN2C(=O)c3c(OCc4ccccc4)c(=O)ccn3N(C3c4ccccc4SCc4cccc(F)c43)C2C1.CCC. The minimum Gasteiger partial charge on any atom is -0.482 e. The lowest BCUT2D eigenvalue weighted by molar-refractivity contribution is 0.0389. The van der Waals surface area contributed by atoms with Crippen LogP contribution in [0.15, 0.2) is 94.7 Å². The maximum absolute atomic E-state index is 16.0. The minimum absolute atomic E-state index is 0.0217. The van der Waals surface area contributed by atoms with Crippen molar-refractivity contribution in [3.63, 3.8) is 0 Å². The average Bonchev–Trinajstić information content (AvgIpc) is 3.19. The molecule has 3 aliphatic heterocycles. The number of fused-ring (bicyclic) bond motifs is 4. The highest BCUT2D eigenvalue weighted by Gasteiger charge is 2.47. The number of thioether (sulfide) groups is 1. The van der Waals surface area contributed by atoms with Gasteiger partial charge >= 0.3 is 0 Å². The highest BCUT2D eigenvalue weighted by Crippen LogP contribution is 2.46. The maximum atomic E-state index is 16.0. The number of hydrogen-bond donors (Lipinski definition) is 0. The molecule has 3 aromatic carbocycles. The quantitative estimate of drug-likeness (QED) is 0.239. The van der Waals surface area contributed by atoms with Gasteiger partial charge in [-0.2, -0.15) is 0 Å². The number of ether oxygens (including phenoxy) is 1. The molecule has 6 nitrogen and oxygen atoms in total. The summed E-state index contributed by atoms with van der Waals surface area (Å²) in [5.41, 5.74) is 3.23. The Morgan fingerprint density at radius 2 is 1.70 bits per heavy atom. The van der Waals surface area contributed by atoms with Gasteiger partial charge in [0.25, 0.3) is 5.91 Å². The first-order chi connectivity index (χ1) is 21.4. The number of halogens is 1. The zero-order valence-electron chi connectivity index (χ0n) is 25.4. The second-order valence-corrected chi connectivity index (χ2v) is 12.7. The van der Waals surface area contributed by atoms with Crippen LogP contribution >= 0.6 is 11.8 Å². The number of aromatic nitrogens is 1. The summed E-state index contributed by atoms with van der Waals surface area (Å²) in [6, 6.07) is 23.9. The van der Waals surface area contributed by atoms with Gasteiger partial charge in [0.05, 0.1) is 0 Å². The van der Waals surface area contributed by atoms with Crippen LogP contribution in [0.25, 0.3) is 0 Å². The minimum atomic E-state index is -0.522. The molecule has 0 radical (unpaired) electrons. The van der Waals surface area contributed by atoms with E-state index in [1.54, 1.807) is 28.7 Å². The van der Waals surface area contributed by atoms with Gasteiger partial charge in [0, 0.05) is 35.0 Å². The fourth-order valence-corrected chi connectivity index (χ4v) is 7.46. The molecule has 1 fully saturated rings. The Morgan fingerprint density at radius 1 is 0.955 bits per heavy atom. The number of hydrogen-bond acceptors (Lipinski definition) is 5. The maximum Gasteiger partial charge on any atom is 0.278 e. The number of benzene rings is 3. The lowest BCUT2D eigenvalue weighted by Crippen LogP contribution is -2.64. The van der Waals surface area contributed by atoms with Crippen LogP contribution in [-0.2, 0) is 12.4 Å². The molecule has 0 saturated carbocycles. The van der Waals surface area contributed by atoms with Crippen LogP contribution in [0.4, 0.5) is 4.39 Å². The third-order valence-corrected chi connectivity index (χ3v) is 9.53. The van der Waals surface area contributed by atoms with Crippen molar-refractivity contribution in [2.75, 3.05) is 11.6 Å². The van der Waals surface area contributed by atoms with Crippen molar-refractivity contribution in [1.82, 2.24) is 9.58 Å². The van der Waals surface area contributed by atoms with Crippen molar-refractivity contribution in [3.05, 3.63) is 129 Å². The smallest absolute Gasteiger partial charge is 0.278 e. The molecule has 0 spiro atoms. The summed E-state index contributed by atoms with van der Waals surface area (Å²) in [6.45, 7) is 7.15. The van der Waals surface area contributed by atoms with Gasteiger partial charge in [0.1, 0.15) is 24.6 Å². The Hall–Kier alpha value is -4.04. The Kier molecular flexibility index (Phi) is 8.80. The molecular formula is C36H38FN3O3S. The van der Waals surface area contributed by atoms with Crippen molar-refractivity contribution in [1.29, 1.82) is 0 Å². The third-order valence-electron chi connectivity index (χ3n) is 8.39. The first-order valence-corrected chi connectivity index (χ1v) is 16.4. The molecule has 0 aliphatic carbocycles. The average molecular weight is 612 g/mol. The van der Waals surface area contributed by atoms with E-state index in [-0.39, 0.29) is 41.4 Å². The lowest BCUT2D eigenvalue weighted by Gasteiger charge is -2.53. The van der Waals surface area contributed by atoms with Crippen LogP contribution in [-0.4, -0.2) is 28.2 Å². The van der Waals surface area contributed by atoms with Gasteiger partial charge in [-0.3, -0.25) is 19.3 Å². The van der Waals surface area contributed by atoms with E-state index >= 15 is 4.39 Å². The van der Waals surface area contributed by atoms with Gasteiger partial charge in [-0.25, -0.2) is 4.39 Å². The highest BCUT2D eigenvalue weighted by atomic mass is 32.2. The van der Waals surface area contributed by atoms with Crippen LogP contribution in [0, 0.1) is 11.7 Å². The van der Waals surface area contributed by atoms with Crippen LogP contribution in [0.1, 0.15) is 78.8 Å². The molecule has 1 aromatic heterocycles. The fraction of sp³-hybridized carbons (Fsp3) is 0.333. The predicted molar refractivity (Wildman–Crippen MR) is 173 cm³/mol. The van der Waals surface area contributed by atoms with E-state index in [1.807, 2.05) is 53.4 Å². The van der Waals surface area contributed by atoms with Gasteiger partial charge in [0.2, 0.25) is 5.43 Å². The summed E-state index contributed by atoms with van der Waals surface area (Å²) in [7, 11) is 0. The summed E-state index contributed by atoms with van der Waals surface area (Å²) in [6.07, 6.45) is 4.17. The summed E-state index contributed by atoms with van der Waals surface area (Å²) in [5.74, 6) is 0.523. The van der Waals surface area contributed by atoms with E-state index in [9.17, 15) is 9.59 Å². The first-order valence-electron chi connectivity index (χ1n) is 15.4. The molecule has 7 rings (SSSR count). The van der Waals surface area contributed by atoms with E-state index in [0.29, 0.717) is 23.8 Å².